The standard InChI is InChI=1S/C19H16F3N5O/c20-19(21,22)13-7-9-14(10-8-13)23-16-4-2-1-3-15(16)18-24-26-27(25-18)11-17(28)12-5-6-12/h1-4,7-10,12,23H,5-6,11H2. The number of ketones is 1. The molecule has 2 aromatic carbocycles. The van der Waals surface area contributed by atoms with Crippen molar-refractivity contribution in [1.82, 2.24) is 20.2 Å². The molecule has 0 amide bonds. The number of hydrogen-bond acceptors (Lipinski definition) is 5. The van der Waals surface area contributed by atoms with Gasteiger partial charge in [0.2, 0.25) is 5.82 Å². The van der Waals surface area contributed by atoms with Gasteiger partial charge in [0.15, 0.2) is 5.78 Å². The lowest BCUT2D eigenvalue weighted by Gasteiger charge is -2.11. The van der Waals surface area contributed by atoms with Crippen LogP contribution in [0.1, 0.15) is 18.4 Å². The Morgan fingerprint density at radius 2 is 1.82 bits per heavy atom. The summed E-state index contributed by atoms with van der Waals surface area (Å²) in [7, 11) is 0. The average Bonchev–Trinajstić information content (AvgIpc) is 3.42. The molecule has 1 aromatic heterocycles. The number of benzene rings is 2. The maximum absolute atomic E-state index is 12.7. The number of rotatable bonds is 6. The van der Waals surface area contributed by atoms with E-state index >= 15 is 0 Å². The van der Waals surface area contributed by atoms with Crippen LogP contribution in [0, 0.1) is 5.92 Å². The Balaban J connectivity index is 1.54. The highest BCUT2D eigenvalue weighted by Gasteiger charge is 2.30. The second-order valence-corrected chi connectivity index (χ2v) is 6.63. The van der Waals surface area contributed by atoms with Crippen LogP contribution in [0.25, 0.3) is 11.4 Å². The first-order valence-electron chi connectivity index (χ1n) is 8.74. The number of tetrazole rings is 1. The molecular formula is C19H16F3N5O. The maximum Gasteiger partial charge on any atom is 0.416 e. The summed E-state index contributed by atoms with van der Waals surface area (Å²) in [6, 6.07) is 11.9. The van der Waals surface area contributed by atoms with Crippen LogP contribution in [0.5, 0.6) is 0 Å². The molecular weight excluding hydrogens is 371 g/mol. The van der Waals surface area contributed by atoms with E-state index in [2.05, 4.69) is 20.7 Å². The summed E-state index contributed by atoms with van der Waals surface area (Å²) in [6.07, 6.45) is -2.54. The van der Waals surface area contributed by atoms with Crippen molar-refractivity contribution in [2.45, 2.75) is 25.6 Å². The van der Waals surface area contributed by atoms with Crippen LogP contribution in [0.4, 0.5) is 24.5 Å². The number of Topliss-reactive ketones (excluding diaryl/α,β-unsaturated/α-hetero) is 1. The number of aromatic nitrogens is 4. The number of para-hydroxylation sites is 1. The first-order valence-corrected chi connectivity index (χ1v) is 8.74. The van der Waals surface area contributed by atoms with E-state index in [1.807, 2.05) is 0 Å². The zero-order valence-corrected chi connectivity index (χ0v) is 14.6. The molecule has 0 atom stereocenters. The van der Waals surface area contributed by atoms with Gasteiger partial charge in [-0.1, -0.05) is 12.1 Å². The fourth-order valence-electron chi connectivity index (χ4n) is 2.78. The van der Waals surface area contributed by atoms with Gasteiger partial charge in [-0.2, -0.15) is 18.0 Å². The van der Waals surface area contributed by atoms with Gasteiger partial charge in [-0.15, -0.1) is 10.2 Å². The van der Waals surface area contributed by atoms with E-state index in [4.69, 9.17) is 0 Å². The molecule has 3 aromatic rings. The molecule has 0 radical (unpaired) electrons. The van der Waals surface area contributed by atoms with Gasteiger partial charge in [-0.05, 0) is 54.5 Å². The van der Waals surface area contributed by atoms with E-state index in [9.17, 15) is 18.0 Å². The van der Waals surface area contributed by atoms with Gasteiger partial charge < -0.3 is 5.32 Å². The summed E-state index contributed by atoms with van der Waals surface area (Å²) in [5.41, 5.74) is 1.04. The number of halogens is 3. The van der Waals surface area contributed by atoms with Gasteiger partial charge in [0.05, 0.1) is 5.56 Å². The summed E-state index contributed by atoms with van der Waals surface area (Å²) >= 11 is 0. The fraction of sp³-hybridized carbons (Fsp3) is 0.263. The second-order valence-electron chi connectivity index (χ2n) is 6.63. The molecule has 1 saturated carbocycles. The van der Waals surface area contributed by atoms with Gasteiger partial charge in [0.1, 0.15) is 6.54 Å². The molecule has 1 N–H and O–H groups in total. The number of hydrogen-bond donors (Lipinski definition) is 1. The molecule has 9 heteroatoms. The minimum absolute atomic E-state index is 0.0895. The van der Waals surface area contributed by atoms with Crippen LogP contribution in [-0.2, 0) is 17.5 Å². The quantitative estimate of drug-likeness (QED) is 0.690. The molecule has 1 aliphatic carbocycles. The van der Waals surface area contributed by atoms with Crippen LogP contribution in [-0.4, -0.2) is 26.0 Å². The number of nitrogens with zero attached hydrogens (tertiary/aromatic N) is 4. The van der Waals surface area contributed by atoms with Crippen molar-refractivity contribution in [2.24, 2.45) is 5.92 Å². The third kappa shape index (κ3) is 4.03. The van der Waals surface area contributed by atoms with Crippen molar-refractivity contribution >= 4 is 17.2 Å². The zero-order valence-electron chi connectivity index (χ0n) is 14.6. The molecule has 1 heterocycles. The van der Waals surface area contributed by atoms with Crippen molar-refractivity contribution < 1.29 is 18.0 Å². The molecule has 4 rings (SSSR count). The summed E-state index contributed by atoms with van der Waals surface area (Å²) in [6.45, 7) is 0.0895. The zero-order chi connectivity index (χ0) is 19.7. The highest BCUT2D eigenvalue weighted by Crippen LogP contribution is 2.32. The van der Waals surface area contributed by atoms with E-state index < -0.39 is 11.7 Å². The average molecular weight is 387 g/mol. The lowest BCUT2D eigenvalue weighted by molar-refractivity contribution is -0.137. The molecule has 28 heavy (non-hydrogen) atoms. The van der Waals surface area contributed by atoms with E-state index in [1.54, 1.807) is 24.3 Å². The van der Waals surface area contributed by atoms with E-state index in [0.29, 0.717) is 22.8 Å². The van der Waals surface area contributed by atoms with E-state index in [1.165, 1.54) is 16.9 Å². The first-order chi connectivity index (χ1) is 13.4. The van der Waals surface area contributed by atoms with Crippen LogP contribution >= 0.6 is 0 Å². The Kier molecular flexibility index (Phi) is 4.58. The molecule has 0 unspecified atom stereocenters. The molecule has 6 nitrogen and oxygen atoms in total. The van der Waals surface area contributed by atoms with Crippen LogP contribution in [0.2, 0.25) is 0 Å². The van der Waals surface area contributed by atoms with Crippen LogP contribution < -0.4 is 5.32 Å². The van der Waals surface area contributed by atoms with Crippen molar-refractivity contribution in [2.75, 3.05) is 5.32 Å². The van der Waals surface area contributed by atoms with Crippen LogP contribution in [0.3, 0.4) is 0 Å². The predicted octanol–water partition coefficient (Wildman–Crippen LogP) is 4.08. The van der Waals surface area contributed by atoms with Gasteiger partial charge in [0.25, 0.3) is 0 Å². The molecule has 0 bridgehead atoms. The molecule has 1 aliphatic rings. The third-order valence-corrected chi connectivity index (χ3v) is 4.44. The number of alkyl halides is 3. The first kappa shape index (κ1) is 18.1. The van der Waals surface area contributed by atoms with Gasteiger partial charge in [-0.3, -0.25) is 4.79 Å². The number of nitrogens with one attached hydrogen (secondary N) is 1. The number of carbonyl (C=O) groups is 1. The smallest absolute Gasteiger partial charge is 0.355 e. The highest BCUT2D eigenvalue weighted by atomic mass is 19.4. The second kappa shape index (κ2) is 7.06. The Bertz CT molecular complexity index is 993. The SMILES string of the molecule is O=C(Cn1nnc(-c2ccccc2Nc2ccc(C(F)(F)F)cc2)n1)C1CC1. The predicted molar refractivity (Wildman–Crippen MR) is 95.7 cm³/mol. The largest absolute Gasteiger partial charge is 0.416 e. The molecule has 0 aliphatic heterocycles. The van der Waals surface area contributed by atoms with Crippen molar-refractivity contribution in [3.05, 3.63) is 54.1 Å². The molecule has 1 fully saturated rings. The van der Waals surface area contributed by atoms with Gasteiger partial charge in [-0.25, -0.2) is 0 Å². The van der Waals surface area contributed by atoms with Crippen molar-refractivity contribution in [1.29, 1.82) is 0 Å². The molecule has 144 valence electrons. The summed E-state index contributed by atoms with van der Waals surface area (Å²) < 4.78 is 38.1. The third-order valence-electron chi connectivity index (χ3n) is 4.44. The number of anilines is 2. The van der Waals surface area contributed by atoms with Crippen LogP contribution in [0.15, 0.2) is 48.5 Å². The van der Waals surface area contributed by atoms with Gasteiger partial charge in [0, 0.05) is 22.9 Å². The normalized spacial score (nSPS) is 14.1. The molecule has 0 saturated heterocycles. The molecule has 0 spiro atoms. The Hall–Kier alpha value is -3.23. The maximum atomic E-state index is 12.7. The topological polar surface area (TPSA) is 72.7 Å². The van der Waals surface area contributed by atoms with Crippen molar-refractivity contribution in [3.8, 4) is 11.4 Å². The van der Waals surface area contributed by atoms with E-state index in [-0.39, 0.29) is 18.2 Å². The Morgan fingerprint density at radius 1 is 1.11 bits per heavy atom. The van der Waals surface area contributed by atoms with E-state index in [0.717, 1.165) is 25.0 Å². The minimum atomic E-state index is -4.38. The summed E-state index contributed by atoms with van der Waals surface area (Å²) in [4.78, 5) is 13.2. The highest BCUT2D eigenvalue weighted by molar-refractivity contribution is 5.82. The Labute approximate surface area is 158 Å². The fourth-order valence-corrected chi connectivity index (χ4v) is 2.78. The van der Waals surface area contributed by atoms with Gasteiger partial charge >= 0.3 is 6.18 Å². The Morgan fingerprint density at radius 3 is 2.50 bits per heavy atom. The lowest BCUT2D eigenvalue weighted by Crippen LogP contribution is -2.14. The summed E-state index contributed by atoms with van der Waals surface area (Å²) in [5, 5.41) is 15.3. The van der Waals surface area contributed by atoms with Crippen molar-refractivity contribution in [3.63, 3.8) is 0 Å². The minimum Gasteiger partial charge on any atom is -0.355 e. The lowest BCUT2D eigenvalue weighted by atomic mass is 10.1. The number of carbonyl (C=O) groups excluding carboxylic acids is 1. The monoisotopic (exact) mass is 387 g/mol. The summed E-state index contributed by atoms with van der Waals surface area (Å²) in [5.74, 6) is 0.543.